The summed E-state index contributed by atoms with van der Waals surface area (Å²) in [5, 5.41) is -0.481. The molecule has 1 fully saturated rings. The van der Waals surface area contributed by atoms with Gasteiger partial charge in [-0.15, -0.1) is 0 Å². The van der Waals surface area contributed by atoms with E-state index in [0.717, 1.165) is 38.7 Å². The molecule has 2 aliphatic heterocycles. The van der Waals surface area contributed by atoms with E-state index >= 15 is 0 Å². The minimum atomic E-state index is -0.509. The highest BCUT2D eigenvalue weighted by Crippen LogP contribution is 2.35. The van der Waals surface area contributed by atoms with Gasteiger partial charge >= 0.3 is 0 Å². The van der Waals surface area contributed by atoms with Crippen molar-refractivity contribution in [3.63, 3.8) is 0 Å². The van der Waals surface area contributed by atoms with Crippen molar-refractivity contribution >= 4 is 50.8 Å². The Morgan fingerprint density at radius 1 is 1.05 bits per heavy atom. The first kappa shape index (κ1) is 25.2. The van der Waals surface area contributed by atoms with Gasteiger partial charge in [-0.3, -0.25) is 19.3 Å². The summed E-state index contributed by atoms with van der Waals surface area (Å²) in [6.45, 7) is 0.927. The van der Waals surface area contributed by atoms with E-state index in [-0.39, 0.29) is 29.8 Å². The molecule has 37 heavy (non-hydrogen) atoms. The Hall–Kier alpha value is -3.43. The van der Waals surface area contributed by atoms with Gasteiger partial charge in [-0.2, -0.15) is 0 Å². The van der Waals surface area contributed by atoms with Gasteiger partial charge in [0, 0.05) is 23.1 Å². The Morgan fingerprint density at radius 2 is 1.81 bits per heavy atom. The standard InChI is InChI=1S/C28H22BrFN2O4S/c29-22-7-10-24(36-17-18-5-8-23(30)9-6-18)21(13-22)14-25-27(34)32(28(35)37-25)16-26(33)31-12-11-19-3-1-2-4-20(19)15-31/h1-10,13-14H,11-12,15-17H2/b25-14-. The first-order chi connectivity index (χ1) is 17.9. The topological polar surface area (TPSA) is 66.9 Å². The van der Waals surface area contributed by atoms with Crippen LogP contribution < -0.4 is 4.74 Å². The monoisotopic (exact) mass is 580 g/mol. The fraction of sp³-hybridized carbons (Fsp3) is 0.179. The largest absolute Gasteiger partial charge is 0.488 e. The molecule has 3 amide bonds. The first-order valence-electron chi connectivity index (χ1n) is 11.6. The third-order valence-electron chi connectivity index (χ3n) is 6.22. The van der Waals surface area contributed by atoms with Crippen LogP contribution in [-0.4, -0.2) is 39.9 Å². The van der Waals surface area contributed by atoms with Crippen molar-refractivity contribution in [3.8, 4) is 5.75 Å². The third-order valence-corrected chi connectivity index (χ3v) is 7.62. The molecular weight excluding hydrogens is 559 g/mol. The van der Waals surface area contributed by atoms with Gasteiger partial charge in [-0.1, -0.05) is 52.3 Å². The fourth-order valence-corrected chi connectivity index (χ4v) is 5.43. The fourth-order valence-electron chi connectivity index (χ4n) is 4.23. The molecule has 188 valence electrons. The summed E-state index contributed by atoms with van der Waals surface area (Å²) in [5.74, 6) is -0.594. The molecule has 2 aliphatic rings. The third kappa shape index (κ3) is 5.78. The maximum atomic E-state index is 13.2. The molecule has 1 saturated heterocycles. The number of rotatable bonds is 6. The molecule has 3 aromatic carbocycles. The predicted molar refractivity (Wildman–Crippen MR) is 143 cm³/mol. The molecule has 0 saturated carbocycles. The Labute approximate surface area is 226 Å². The molecule has 6 nitrogen and oxygen atoms in total. The number of thioether (sulfide) groups is 1. The van der Waals surface area contributed by atoms with Crippen LogP contribution in [0.5, 0.6) is 5.75 Å². The van der Waals surface area contributed by atoms with Gasteiger partial charge in [0.05, 0.1) is 4.91 Å². The Kier molecular flexibility index (Phi) is 7.43. The number of carbonyl (C=O) groups is 3. The molecule has 0 spiro atoms. The molecule has 0 unspecified atom stereocenters. The average Bonchev–Trinajstić information content (AvgIpc) is 3.16. The smallest absolute Gasteiger partial charge is 0.294 e. The molecule has 0 atom stereocenters. The summed E-state index contributed by atoms with van der Waals surface area (Å²) in [5.41, 5.74) is 3.68. The zero-order valence-corrected chi connectivity index (χ0v) is 22.1. The Balaban J connectivity index is 1.29. The van der Waals surface area contributed by atoms with Crippen LogP contribution in [-0.2, 0) is 29.2 Å². The van der Waals surface area contributed by atoms with Crippen LogP contribution in [0.1, 0.15) is 22.3 Å². The van der Waals surface area contributed by atoms with Gasteiger partial charge in [-0.05, 0) is 71.3 Å². The van der Waals surface area contributed by atoms with Crippen molar-refractivity contribution < 1.29 is 23.5 Å². The molecule has 0 bridgehead atoms. The van der Waals surface area contributed by atoms with Crippen molar-refractivity contribution in [2.24, 2.45) is 0 Å². The number of fused-ring (bicyclic) bond motifs is 1. The van der Waals surface area contributed by atoms with Gasteiger partial charge in [0.15, 0.2) is 0 Å². The van der Waals surface area contributed by atoms with Gasteiger partial charge in [-0.25, -0.2) is 4.39 Å². The summed E-state index contributed by atoms with van der Waals surface area (Å²) in [7, 11) is 0. The van der Waals surface area contributed by atoms with Crippen LogP contribution in [0.15, 0.2) is 76.1 Å². The number of carbonyl (C=O) groups excluding carboxylic acids is 3. The van der Waals surface area contributed by atoms with E-state index in [1.807, 2.05) is 18.2 Å². The number of hydrogen-bond donors (Lipinski definition) is 0. The van der Waals surface area contributed by atoms with Crippen molar-refractivity contribution in [2.45, 2.75) is 19.6 Å². The zero-order chi connectivity index (χ0) is 25.9. The van der Waals surface area contributed by atoms with E-state index in [2.05, 4.69) is 22.0 Å². The van der Waals surface area contributed by atoms with E-state index in [9.17, 15) is 18.8 Å². The zero-order valence-electron chi connectivity index (χ0n) is 19.7. The van der Waals surface area contributed by atoms with E-state index < -0.39 is 11.1 Å². The van der Waals surface area contributed by atoms with Crippen LogP contribution in [0.2, 0.25) is 0 Å². The summed E-state index contributed by atoms with van der Waals surface area (Å²) in [6, 6.07) is 19.3. The number of amides is 3. The first-order valence-corrected chi connectivity index (χ1v) is 13.2. The molecule has 2 heterocycles. The summed E-state index contributed by atoms with van der Waals surface area (Å²) in [6.07, 6.45) is 2.34. The molecule has 0 aliphatic carbocycles. The van der Waals surface area contributed by atoms with E-state index in [1.165, 1.54) is 17.7 Å². The molecule has 3 aromatic rings. The normalized spacial score (nSPS) is 16.3. The number of benzene rings is 3. The minimum Gasteiger partial charge on any atom is -0.488 e. The SMILES string of the molecule is O=C(CN1C(=O)S/C(=C\c2cc(Br)ccc2OCc2ccc(F)cc2)C1=O)N1CCc2ccccc2C1. The van der Waals surface area contributed by atoms with Crippen LogP contribution in [0.25, 0.3) is 6.08 Å². The van der Waals surface area contributed by atoms with Crippen molar-refractivity contribution in [1.82, 2.24) is 9.80 Å². The number of nitrogens with zero attached hydrogens (tertiary/aromatic N) is 2. The molecular formula is C28H22BrFN2O4S. The van der Waals surface area contributed by atoms with Crippen molar-refractivity contribution in [1.29, 1.82) is 0 Å². The number of hydrogen-bond acceptors (Lipinski definition) is 5. The molecule has 0 aromatic heterocycles. The average molecular weight is 581 g/mol. The minimum absolute atomic E-state index is 0.206. The van der Waals surface area contributed by atoms with Crippen LogP contribution >= 0.6 is 27.7 Å². The lowest BCUT2D eigenvalue weighted by atomic mass is 10.00. The van der Waals surface area contributed by atoms with Gasteiger partial charge in [0.1, 0.15) is 24.7 Å². The highest BCUT2D eigenvalue weighted by molar-refractivity contribution is 9.10. The second-order valence-electron chi connectivity index (χ2n) is 8.70. The lowest BCUT2D eigenvalue weighted by Gasteiger charge is -2.29. The molecule has 9 heteroatoms. The molecule has 0 radical (unpaired) electrons. The Bertz CT molecular complexity index is 1410. The number of imide groups is 1. The predicted octanol–water partition coefficient (Wildman–Crippen LogP) is 5.79. The van der Waals surface area contributed by atoms with Gasteiger partial charge < -0.3 is 9.64 Å². The van der Waals surface area contributed by atoms with Crippen molar-refractivity contribution in [2.75, 3.05) is 13.1 Å². The lowest BCUT2D eigenvalue weighted by molar-refractivity contribution is -0.136. The number of ether oxygens (including phenoxy) is 1. The quantitative estimate of drug-likeness (QED) is 0.345. The van der Waals surface area contributed by atoms with Gasteiger partial charge in [0.25, 0.3) is 11.1 Å². The summed E-state index contributed by atoms with van der Waals surface area (Å²) in [4.78, 5) is 41.6. The maximum absolute atomic E-state index is 13.2. The highest BCUT2D eigenvalue weighted by Gasteiger charge is 2.37. The molecule has 0 N–H and O–H groups in total. The highest BCUT2D eigenvalue weighted by atomic mass is 79.9. The van der Waals surface area contributed by atoms with Crippen LogP contribution in [0, 0.1) is 5.82 Å². The van der Waals surface area contributed by atoms with E-state index in [4.69, 9.17) is 4.74 Å². The lowest BCUT2D eigenvalue weighted by Crippen LogP contribution is -2.44. The maximum Gasteiger partial charge on any atom is 0.294 e. The van der Waals surface area contributed by atoms with Gasteiger partial charge in [0.2, 0.25) is 5.91 Å². The summed E-state index contributed by atoms with van der Waals surface area (Å²) < 4.78 is 19.9. The van der Waals surface area contributed by atoms with Crippen molar-refractivity contribution in [3.05, 3.63) is 104 Å². The molecule has 5 rings (SSSR count). The number of halogens is 2. The second-order valence-corrected chi connectivity index (χ2v) is 10.6. The van der Waals surface area contributed by atoms with Crippen LogP contribution in [0.3, 0.4) is 0 Å². The summed E-state index contributed by atoms with van der Waals surface area (Å²) >= 11 is 4.23. The second kappa shape index (κ2) is 10.9. The van der Waals surface area contributed by atoms with E-state index in [0.29, 0.717) is 24.4 Å². The van der Waals surface area contributed by atoms with Crippen LogP contribution in [0.4, 0.5) is 9.18 Å². The Morgan fingerprint density at radius 3 is 2.59 bits per heavy atom. The van der Waals surface area contributed by atoms with E-state index in [1.54, 1.807) is 41.3 Å².